The van der Waals surface area contributed by atoms with Crippen LogP contribution in [0.5, 0.6) is 0 Å². The van der Waals surface area contributed by atoms with Gasteiger partial charge in [0.1, 0.15) is 0 Å². The van der Waals surface area contributed by atoms with E-state index >= 15 is 0 Å². The summed E-state index contributed by atoms with van der Waals surface area (Å²) in [5.41, 5.74) is 0. The Morgan fingerprint density at radius 1 is 1.25 bits per heavy atom. The van der Waals surface area contributed by atoms with Gasteiger partial charge in [-0.15, -0.1) is 0 Å². The van der Waals surface area contributed by atoms with Crippen molar-refractivity contribution in [1.82, 2.24) is 0 Å². The van der Waals surface area contributed by atoms with Crippen LogP contribution in [0.1, 0.15) is 0 Å². The van der Waals surface area contributed by atoms with Crippen LogP contribution < -0.4 is 0 Å². The second kappa shape index (κ2) is 8.93. The molecule has 0 spiro atoms. The van der Waals surface area contributed by atoms with E-state index in [1.54, 1.807) is 0 Å². The summed E-state index contributed by atoms with van der Waals surface area (Å²) in [5.74, 6) is 0. The van der Waals surface area contributed by atoms with Crippen LogP contribution in [-0.4, -0.2) is 29.6 Å². The molecule has 4 heteroatoms. The second-order valence-electron chi connectivity index (χ2n) is 0.0556. The molecule has 0 unspecified atom stereocenters. The van der Waals surface area contributed by atoms with Crippen molar-refractivity contribution in [2.24, 2.45) is 0 Å². The van der Waals surface area contributed by atoms with Crippen LogP contribution >= 0.6 is 0 Å². The van der Waals surface area contributed by atoms with E-state index in [0.717, 1.165) is 0 Å². The van der Waals surface area contributed by atoms with Gasteiger partial charge in [0, 0.05) is 0 Å². The molecular weight excluding hydrogens is 114 g/mol. The van der Waals surface area contributed by atoms with Crippen molar-refractivity contribution < 1.29 is 22.3 Å². The number of hydrogen-bond donors (Lipinski definition) is 0. The molecule has 0 radical (unpaired) electrons. The molecule has 0 saturated heterocycles. The minimum absolute atomic E-state index is 0. The van der Waals surface area contributed by atoms with Crippen LogP contribution in [0.4, 0.5) is 0 Å². The van der Waals surface area contributed by atoms with E-state index in [1.165, 1.54) is 0 Å². The van der Waals surface area contributed by atoms with Gasteiger partial charge in [-0.2, -0.15) is 0 Å². The molecular formula is HCoNaO2. The van der Waals surface area contributed by atoms with Gasteiger partial charge in [0.2, 0.25) is 0 Å². The normalized spacial score (nSPS) is 4.00. The summed E-state index contributed by atoms with van der Waals surface area (Å²) in [6.07, 6.45) is 0. The molecule has 0 rings (SSSR count). The number of hydrogen-bond acceptors (Lipinski definition) is 2. The Labute approximate surface area is 51.6 Å². The fourth-order valence-electron chi connectivity index (χ4n) is 0. The first-order chi connectivity index (χ1) is 1.41. The van der Waals surface area contributed by atoms with Crippen molar-refractivity contribution in [2.45, 2.75) is 0 Å². The number of rotatable bonds is 0. The van der Waals surface area contributed by atoms with Crippen LogP contribution in [0.25, 0.3) is 0 Å². The average molecular weight is 115 g/mol. The molecule has 0 saturated carbocycles. The molecule has 0 bridgehead atoms. The van der Waals surface area contributed by atoms with Gasteiger partial charge in [-0.25, -0.2) is 0 Å². The van der Waals surface area contributed by atoms with Crippen LogP contribution in [0.15, 0.2) is 0 Å². The van der Waals surface area contributed by atoms with Gasteiger partial charge in [0.15, 0.2) is 0 Å². The molecule has 0 N–H and O–H groups in total. The Morgan fingerprint density at radius 3 is 1.25 bits per heavy atom. The summed E-state index contributed by atoms with van der Waals surface area (Å²) in [5, 5.41) is 0. The van der Waals surface area contributed by atoms with E-state index in [0.29, 0.717) is 0 Å². The summed E-state index contributed by atoms with van der Waals surface area (Å²) in [6.45, 7) is 0. The van der Waals surface area contributed by atoms with Crippen molar-refractivity contribution in [3.63, 3.8) is 0 Å². The minimum atomic E-state index is -1.06. The Kier molecular flexibility index (Phi) is 19.9. The molecule has 0 heterocycles. The van der Waals surface area contributed by atoms with E-state index < -0.39 is 14.6 Å². The Hall–Kier alpha value is 1.11. The Morgan fingerprint density at radius 2 is 1.25 bits per heavy atom. The zero-order valence-electron chi connectivity index (χ0n) is 1.15. The summed E-state index contributed by atoms with van der Waals surface area (Å²) in [7, 11) is 0. The first kappa shape index (κ1) is 8.92. The summed E-state index contributed by atoms with van der Waals surface area (Å²) in [4.78, 5) is 0. The summed E-state index contributed by atoms with van der Waals surface area (Å²) in [6, 6.07) is 0. The van der Waals surface area contributed by atoms with E-state index in [-0.39, 0.29) is 29.6 Å². The average Bonchev–Trinajstić information content (AvgIpc) is 0.918. The van der Waals surface area contributed by atoms with Gasteiger partial charge in [0.25, 0.3) is 0 Å². The SMILES string of the molecule is [NaH].[O]=[Co]=[O]. The molecule has 0 aliphatic rings. The van der Waals surface area contributed by atoms with E-state index in [9.17, 15) is 0 Å². The van der Waals surface area contributed by atoms with Crippen LogP contribution in [0.2, 0.25) is 0 Å². The van der Waals surface area contributed by atoms with Crippen molar-refractivity contribution in [1.29, 1.82) is 0 Å². The molecule has 0 fully saturated rings. The summed E-state index contributed by atoms with van der Waals surface area (Å²) >= 11 is -1.06. The molecule has 0 aromatic carbocycles. The van der Waals surface area contributed by atoms with Gasteiger partial charge in [-0.05, 0) is 0 Å². The van der Waals surface area contributed by atoms with Gasteiger partial charge < -0.3 is 0 Å². The van der Waals surface area contributed by atoms with E-state index in [4.69, 9.17) is 7.73 Å². The zero-order chi connectivity index (χ0) is 2.71. The van der Waals surface area contributed by atoms with Gasteiger partial charge in [0.05, 0.1) is 0 Å². The fourth-order valence-corrected chi connectivity index (χ4v) is 0. The quantitative estimate of drug-likeness (QED) is 0.384. The molecule has 0 aliphatic heterocycles. The molecule has 23 valence electrons. The molecule has 0 amide bonds. The molecule has 4 heavy (non-hydrogen) atoms. The first-order valence-electron chi connectivity index (χ1n) is 0.272. The second-order valence-corrected chi connectivity index (χ2v) is 0.229. The van der Waals surface area contributed by atoms with E-state index in [2.05, 4.69) is 0 Å². The monoisotopic (exact) mass is 115 g/mol. The van der Waals surface area contributed by atoms with Gasteiger partial charge in [-0.1, -0.05) is 0 Å². The Balaban J connectivity index is 0. The summed E-state index contributed by atoms with van der Waals surface area (Å²) < 4.78 is 16.7. The van der Waals surface area contributed by atoms with Crippen LogP contribution in [0, 0.1) is 0 Å². The third-order valence-corrected chi connectivity index (χ3v) is 0. The van der Waals surface area contributed by atoms with Crippen molar-refractivity contribution >= 4 is 29.6 Å². The van der Waals surface area contributed by atoms with Crippen molar-refractivity contribution in [3.05, 3.63) is 0 Å². The third kappa shape index (κ3) is 11.3. The zero-order valence-corrected chi connectivity index (χ0v) is 2.19. The van der Waals surface area contributed by atoms with E-state index in [1.807, 2.05) is 0 Å². The predicted octanol–water partition coefficient (Wildman–Crippen LogP) is -0.889. The molecule has 0 aliphatic carbocycles. The maximum absolute atomic E-state index is 8.34. The van der Waals surface area contributed by atoms with Crippen LogP contribution in [0.3, 0.4) is 0 Å². The molecule has 0 atom stereocenters. The maximum atomic E-state index is 8.34. The standard InChI is InChI=1S/Co.Na.2O.H. The van der Waals surface area contributed by atoms with Crippen molar-refractivity contribution in [2.75, 3.05) is 0 Å². The fraction of sp³-hybridized carbons (Fsp3) is 0. The van der Waals surface area contributed by atoms with Crippen molar-refractivity contribution in [3.8, 4) is 0 Å². The van der Waals surface area contributed by atoms with Gasteiger partial charge >= 0.3 is 51.8 Å². The van der Waals surface area contributed by atoms with Crippen LogP contribution in [-0.2, 0) is 22.3 Å². The third-order valence-electron chi connectivity index (χ3n) is 0. The molecule has 2 nitrogen and oxygen atoms in total. The molecule has 0 aromatic heterocycles. The van der Waals surface area contributed by atoms with Gasteiger partial charge in [-0.3, -0.25) is 0 Å². The first-order valence-corrected chi connectivity index (χ1v) is 1.12. The molecule has 0 aromatic rings. The Bertz CT molecular complexity index is 27.0. The topological polar surface area (TPSA) is 34.1 Å². The predicted molar refractivity (Wildman–Crippen MR) is 8.52 cm³/mol.